The summed E-state index contributed by atoms with van der Waals surface area (Å²) in [5, 5.41) is 9.22. The van der Waals surface area contributed by atoms with Gasteiger partial charge < -0.3 is 20.3 Å². The van der Waals surface area contributed by atoms with Crippen LogP contribution in [0.5, 0.6) is 0 Å². The fraction of sp³-hybridized carbons (Fsp3) is 0.500. The molecule has 0 radical (unpaired) electrons. The second-order valence-corrected chi connectivity index (χ2v) is 8.47. The van der Waals surface area contributed by atoms with E-state index >= 15 is 0 Å². The molecule has 1 aliphatic heterocycles. The highest BCUT2D eigenvalue weighted by atomic mass is 32.1. The van der Waals surface area contributed by atoms with E-state index in [0.29, 0.717) is 6.04 Å². The Morgan fingerprint density at radius 3 is 2.70 bits per heavy atom. The molecule has 5 rings (SSSR count). The van der Waals surface area contributed by atoms with Gasteiger partial charge in [-0.05, 0) is 43.2 Å². The van der Waals surface area contributed by atoms with Crippen molar-refractivity contribution >= 4 is 28.2 Å². The van der Waals surface area contributed by atoms with E-state index in [4.69, 9.17) is 9.72 Å². The Labute approximate surface area is 162 Å². The molecule has 1 saturated heterocycles. The Morgan fingerprint density at radius 1 is 1.19 bits per heavy atom. The molecule has 3 aliphatic rings. The van der Waals surface area contributed by atoms with Gasteiger partial charge in [0, 0.05) is 35.8 Å². The van der Waals surface area contributed by atoms with Crippen molar-refractivity contribution < 1.29 is 9.53 Å². The lowest BCUT2D eigenvalue weighted by Gasteiger charge is -2.26. The lowest BCUT2D eigenvalue weighted by atomic mass is 10.1. The molecule has 6 nitrogen and oxygen atoms in total. The number of urea groups is 1. The van der Waals surface area contributed by atoms with Crippen LogP contribution in [0.1, 0.15) is 19.3 Å². The third kappa shape index (κ3) is 3.66. The third-order valence-corrected chi connectivity index (χ3v) is 6.77. The standard InChI is InChI=1S/C20H24N4O2S/c25-19(22-17-6-3-14-11-16(14)17)21-15-4-1-13(2-5-15)18-12-27-20(23-18)24-7-9-26-10-8-24/h1-2,4-5,12,14,16-17H,3,6-11H2,(H2,21,22,25). The Morgan fingerprint density at radius 2 is 2.00 bits per heavy atom. The summed E-state index contributed by atoms with van der Waals surface area (Å²) in [5.74, 6) is 1.60. The summed E-state index contributed by atoms with van der Waals surface area (Å²) in [4.78, 5) is 19.3. The van der Waals surface area contributed by atoms with E-state index in [9.17, 15) is 4.79 Å². The Hall–Kier alpha value is -2.12. The molecule has 1 aromatic carbocycles. The molecule has 2 aromatic rings. The van der Waals surface area contributed by atoms with Crippen LogP contribution in [0.2, 0.25) is 0 Å². The number of hydrogen-bond acceptors (Lipinski definition) is 5. The van der Waals surface area contributed by atoms with Gasteiger partial charge in [-0.3, -0.25) is 0 Å². The van der Waals surface area contributed by atoms with Crippen LogP contribution < -0.4 is 15.5 Å². The van der Waals surface area contributed by atoms with Gasteiger partial charge in [0.25, 0.3) is 0 Å². The highest BCUT2D eigenvalue weighted by molar-refractivity contribution is 7.14. The van der Waals surface area contributed by atoms with Crippen molar-refractivity contribution in [2.24, 2.45) is 11.8 Å². The number of hydrogen-bond donors (Lipinski definition) is 2. The van der Waals surface area contributed by atoms with Gasteiger partial charge in [0.05, 0.1) is 18.9 Å². The van der Waals surface area contributed by atoms with Crippen LogP contribution in [0.3, 0.4) is 0 Å². The van der Waals surface area contributed by atoms with Gasteiger partial charge in [-0.25, -0.2) is 9.78 Å². The van der Waals surface area contributed by atoms with E-state index in [1.54, 1.807) is 11.3 Å². The molecule has 2 heterocycles. The maximum absolute atomic E-state index is 12.2. The molecule has 0 bridgehead atoms. The number of nitrogens with zero attached hydrogens (tertiary/aromatic N) is 2. The fourth-order valence-corrected chi connectivity index (χ4v) is 5.13. The quantitative estimate of drug-likeness (QED) is 0.846. The van der Waals surface area contributed by atoms with Crippen LogP contribution >= 0.6 is 11.3 Å². The van der Waals surface area contributed by atoms with Crippen LogP contribution in [0, 0.1) is 11.8 Å². The number of carbonyl (C=O) groups excluding carboxylic acids is 1. The van der Waals surface area contributed by atoms with E-state index in [2.05, 4.69) is 20.9 Å². The van der Waals surface area contributed by atoms with Crippen molar-refractivity contribution in [2.75, 3.05) is 36.5 Å². The molecule has 0 spiro atoms. The summed E-state index contributed by atoms with van der Waals surface area (Å²) in [6.07, 6.45) is 3.68. The molecule has 2 aliphatic carbocycles. The first-order chi connectivity index (χ1) is 13.3. The van der Waals surface area contributed by atoms with Crippen LogP contribution in [0.25, 0.3) is 11.3 Å². The second-order valence-electron chi connectivity index (χ2n) is 7.63. The van der Waals surface area contributed by atoms with Gasteiger partial charge in [0.1, 0.15) is 0 Å². The molecule has 2 N–H and O–H groups in total. The van der Waals surface area contributed by atoms with Crippen molar-refractivity contribution in [3.8, 4) is 11.3 Å². The largest absolute Gasteiger partial charge is 0.378 e. The topological polar surface area (TPSA) is 66.5 Å². The number of nitrogens with one attached hydrogen (secondary N) is 2. The SMILES string of the molecule is O=C(Nc1ccc(-c2csc(N3CCOCC3)n2)cc1)NC1CCC2CC21. The number of rotatable bonds is 4. The molecular weight excluding hydrogens is 360 g/mol. The van der Waals surface area contributed by atoms with Crippen LogP contribution in [0.4, 0.5) is 15.6 Å². The van der Waals surface area contributed by atoms with E-state index in [0.717, 1.165) is 66.6 Å². The first-order valence-electron chi connectivity index (χ1n) is 9.72. The lowest BCUT2D eigenvalue weighted by molar-refractivity contribution is 0.122. The van der Waals surface area contributed by atoms with Crippen molar-refractivity contribution in [1.82, 2.24) is 10.3 Å². The zero-order valence-corrected chi connectivity index (χ0v) is 16.0. The molecule has 2 amide bonds. The molecule has 3 unspecified atom stereocenters. The molecule has 3 atom stereocenters. The smallest absolute Gasteiger partial charge is 0.319 e. The highest BCUT2D eigenvalue weighted by Gasteiger charge is 2.48. The summed E-state index contributed by atoms with van der Waals surface area (Å²) in [5.41, 5.74) is 2.85. The van der Waals surface area contributed by atoms with E-state index in [1.807, 2.05) is 24.3 Å². The number of thiazole rings is 1. The molecule has 2 saturated carbocycles. The van der Waals surface area contributed by atoms with Crippen molar-refractivity contribution in [1.29, 1.82) is 0 Å². The summed E-state index contributed by atoms with van der Waals surface area (Å²) >= 11 is 1.67. The number of ether oxygens (including phenoxy) is 1. The van der Waals surface area contributed by atoms with Crippen LogP contribution in [0.15, 0.2) is 29.6 Å². The molecule has 142 valence electrons. The number of aromatic nitrogens is 1. The van der Waals surface area contributed by atoms with E-state index in [1.165, 1.54) is 12.8 Å². The fourth-order valence-electron chi connectivity index (χ4n) is 4.24. The van der Waals surface area contributed by atoms with Crippen LogP contribution in [-0.2, 0) is 4.74 Å². The van der Waals surface area contributed by atoms with Crippen molar-refractivity contribution in [3.63, 3.8) is 0 Å². The molecule has 7 heteroatoms. The third-order valence-electron chi connectivity index (χ3n) is 5.87. The highest BCUT2D eigenvalue weighted by Crippen LogP contribution is 2.51. The van der Waals surface area contributed by atoms with Crippen molar-refractivity contribution in [3.05, 3.63) is 29.6 Å². The van der Waals surface area contributed by atoms with Gasteiger partial charge in [0.15, 0.2) is 5.13 Å². The molecule has 1 aromatic heterocycles. The lowest BCUT2D eigenvalue weighted by Crippen LogP contribution is -2.38. The van der Waals surface area contributed by atoms with Gasteiger partial charge in [-0.1, -0.05) is 12.1 Å². The summed E-state index contributed by atoms with van der Waals surface area (Å²) in [6, 6.07) is 8.18. The van der Waals surface area contributed by atoms with Gasteiger partial charge >= 0.3 is 6.03 Å². The predicted molar refractivity (Wildman–Crippen MR) is 107 cm³/mol. The maximum Gasteiger partial charge on any atom is 0.319 e. The zero-order valence-electron chi connectivity index (χ0n) is 15.2. The van der Waals surface area contributed by atoms with E-state index in [-0.39, 0.29) is 6.03 Å². The number of carbonyl (C=O) groups is 1. The average molecular weight is 385 g/mol. The number of fused-ring (bicyclic) bond motifs is 1. The molecule has 3 fully saturated rings. The number of anilines is 2. The van der Waals surface area contributed by atoms with Crippen molar-refractivity contribution in [2.45, 2.75) is 25.3 Å². The van der Waals surface area contributed by atoms with Gasteiger partial charge in [0.2, 0.25) is 0 Å². The predicted octanol–water partition coefficient (Wildman–Crippen LogP) is 3.57. The van der Waals surface area contributed by atoms with Crippen LogP contribution in [-0.4, -0.2) is 43.4 Å². The van der Waals surface area contributed by atoms with Gasteiger partial charge in [-0.2, -0.15) is 0 Å². The minimum atomic E-state index is -0.0939. The van der Waals surface area contributed by atoms with E-state index < -0.39 is 0 Å². The minimum Gasteiger partial charge on any atom is -0.378 e. The first-order valence-corrected chi connectivity index (χ1v) is 10.6. The number of benzene rings is 1. The minimum absolute atomic E-state index is 0.0939. The summed E-state index contributed by atoms with van der Waals surface area (Å²) in [6.45, 7) is 3.32. The molecular formula is C20H24N4O2S. The monoisotopic (exact) mass is 384 g/mol. The maximum atomic E-state index is 12.2. The Bertz CT molecular complexity index is 816. The summed E-state index contributed by atoms with van der Waals surface area (Å²) < 4.78 is 5.40. The van der Waals surface area contributed by atoms with Gasteiger partial charge in [-0.15, -0.1) is 11.3 Å². The Kier molecular flexibility index (Phi) is 4.49. The average Bonchev–Trinajstić information content (AvgIpc) is 3.12. The summed E-state index contributed by atoms with van der Waals surface area (Å²) in [7, 11) is 0. The second kappa shape index (κ2) is 7.13. The molecule has 27 heavy (non-hydrogen) atoms. The Balaban J connectivity index is 1.20. The number of amides is 2. The first kappa shape index (κ1) is 17.0. The number of morpholine rings is 1. The normalized spacial score (nSPS) is 26.5. The zero-order chi connectivity index (χ0) is 18.2.